The van der Waals surface area contributed by atoms with Gasteiger partial charge in [0.05, 0.1) is 29.1 Å². The van der Waals surface area contributed by atoms with E-state index in [1.807, 2.05) is 19.0 Å². The number of amides is 3. The Balaban J connectivity index is 1.52. The zero-order valence-electron chi connectivity index (χ0n) is 21.7. The number of likely N-dealkylation sites (N-methyl/N-ethyl adjacent to an activating group) is 2. The molecule has 3 aromatic rings. The lowest BCUT2D eigenvalue weighted by Gasteiger charge is -2.20. The van der Waals surface area contributed by atoms with Crippen LogP contribution in [0.2, 0.25) is 5.02 Å². The molecule has 204 valence electrons. The fourth-order valence-electron chi connectivity index (χ4n) is 4.36. The highest BCUT2D eigenvalue weighted by molar-refractivity contribution is 6.30. The number of anilines is 2. The normalized spacial score (nSPS) is 17.9. The molecule has 0 saturated heterocycles. The van der Waals surface area contributed by atoms with Crippen LogP contribution in [0.25, 0.3) is 5.69 Å². The topological polar surface area (TPSA) is 104 Å². The Kier molecular flexibility index (Phi) is 8.47. The van der Waals surface area contributed by atoms with Gasteiger partial charge in [0.25, 0.3) is 5.56 Å². The highest BCUT2D eigenvalue weighted by atomic mass is 35.5. The van der Waals surface area contributed by atoms with Crippen molar-refractivity contribution in [3.63, 3.8) is 0 Å². The van der Waals surface area contributed by atoms with Gasteiger partial charge in [-0.05, 0) is 56.6 Å². The van der Waals surface area contributed by atoms with Gasteiger partial charge in [-0.15, -0.1) is 0 Å². The second-order valence-electron chi connectivity index (χ2n) is 9.70. The lowest BCUT2D eigenvalue weighted by atomic mass is 10.2. The maximum absolute atomic E-state index is 14.9. The van der Waals surface area contributed by atoms with E-state index in [0.717, 1.165) is 6.07 Å². The van der Waals surface area contributed by atoms with Crippen molar-refractivity contribution in [2.45, 2.75) is 0 Å². The Morgan fingerprint density at radius 3 is 2.18 bits per heavy atom. The quantitative estimate of drug-likeness (QED) is 0.424. The number of carbonyl (C=O) groups excluding carboxylic acids is 3. The molecule has 1 saturated carbocycles. The van der Waals surface area contributed by atoms with Crippen LogP contribution in [0.4, 0.5) is 15.8 Å². The first-order valence-electron chi connectivity index (χ1n) is 12.3. The van der Waals surface area contributed by atoms with E-state index in [1.165, 1.54) is 33.9 Å². The number of carbonyl (C=O) groups is 3. The summed E-state index contributed by atoms with van der Waals surface area (Å²) in [5.41, 5.74) is 0.309. The van der Waals surface area contributed by atoms with Gasteiger partial charge in [-0.2, -0.15) is 0 Å². The number of pyridine rings is 1. The molecule has 0 bridgehead atoms. The molecule has 0 aliphatic heterocycles. The molecule has 1 heterocycles. The summed E-state index contributed by atoms with van der Waals surface area (Å²) >= 11 is 5.91. The largest absolute Gasteiger partial charge is 0.344 e. The van der Waals surface area contributed by atoms with Gasteiger partial charge in [0, 0.05) is 49.2 Å². The second-order valence-corrected chi connectivity index (χ2v) is 10.1. The highest BCUT2D eigenvalue weighted by Crippen LogP contribution is 2.49. The fourth-order valence-corrected chi connectivity index (χ4v) is 4.48. The number of benzene rings is 2. The lowest BCUT2D eigenvalue weighted by Crippen LogP contribution is -2.35. The summed E-state index contributed by atoms with van der Waals surface area (Å²) in [5.74, 6) is -5.04. The zero-order chi connectivity index (χ0) is 28.3. The van der Waals surface area contributed by atoms with Crippen molar-refractivity contribution in [3.05, 3.63) is 88.1 Å². The number of nitrogens with zero attached hydrogens (tertiary/aromatic N) is 3. The molecule has 3 amide bonds. The van der Waals surface area contributed by atoms with Gasteiger partial charge >= 0.3 is 0 Å². The lowest BCUT2D eigenvalue weighted by molar-refractivity contribution is -0.133. The van der Waals surface area contributed by atoms with Gasteiger partial charge < -0.3 is 20.4 Å². The highest BCUT2D eigenvalue weighted by Gasteiger charge is 2.63. The summed E-state index contributed by atoms with van der Waals surface area (Å²) in [4.78, 5) is 55.1. The third-order valence-corrected chi connectivity index (χ3v) is 6.84. The van der Waals surface area contributed by atoms with E-state index < -0.39 is 35.4 Å². The predicted octanol–water partition coefficient (Wildman–Crippen LogP) is 3.09. The zero-order valence-corrected chi connectivity index (χ0v) is 22.5. The predicted molar refractivity (Wildman–Crippen MR) is 147 cm³/mol. The second kappa shape index (κ2) is 11.8. The monoisotopic (exact) mass is 553 g/mol. The molecule has 3 atom stereocenters. The minimum Gasteiger partial charge on any atom is -0.344 e. The summed E-state index contributed by atoms with van der Waals surface area (Å²) in [5, 5.41) is 5.75. The van der Waals surface area contributed by atoms with Crippen molar-refractivity contribution in [1.29, 1.82) is 0 Å². The van der Waals surface area contributed by atoms with Gasteiger partial charge in [0.1, 0.15) is 5.82 Å². The number of aromatic nitrogens is 1. The van der Waals surface area contributed by atoms with Crippen LogP contribution in [0.1, 0.15) is 0 Å². The Morgan fingerprint density at radius 1 is 0.897 bits per heavy atom. The van der Waals surface area contributed by atoms with Crippen molar-refractivity contribution in [3.8, 4) is 5.69 Å². The average Bonchev–Trinajstić information content (AvgIpc) is 3.66. The minimum absolute atomic E-state index is 0.122. The van der Waals surface area contributed by atoms with E-state index in [1.54, 1.807) is 43.4 Å². The molecule has 1 aromatic heterocycles. The molecule has 1 aliphatic carbocycles. The van der Waals surface area contributed by atoms with E-state index in [0.29, 0.717) is 29.5 Å². The van der Waals surface area contributed by atoms with E-state index >= 15 is 0 Å². The molecule has 2 N–H and O–H groups in total. The summed E-state index contributed by atoms with van der Waals surface area (Å²) in [7, 11) is 5.38. The molecule has 0 radical (unpaired) electrons. The molecule has 0 unspecified atom stereocenters. The maximum atomic E-state index is 14.9. The molecule has 11 heteroatoms. The van der Waals surface area contributed by atoms with Gasteiger partial charge in [0.15, 0.2) is 0 Å². The Bertz CT molecular complexity index is 1440. The van der Waals surface area contributed by atoms with Gasteiger partial charge in [-0.25, -0.2) is 4.39 Å². The van der Waals surface area contributed by atoms with Crippen LogP contribution in [0.5, 0.6) is 0 Å². The van der Waals surface area contributed by atoms with Gasteiger partial charge in [0.2, 0.25) is 17.7 Å². The average molecular weight is 554 g/mol. The number of hydrogen-bond donors (Lipinski definition) is 2. The molecule has 2 aromatic carbocycles. The number of hydrogen-bond acceptors (Lipinski definition) is 5. The SMILES string of the molecule is CN(C)CCN(C)C(=O)[C@H]1[C@H](C(=O)Nc2ccc(Cl)cc2)[C@@H]1C(=O)Nc1ccc(-n2ccccc2=O)cc1F. The fraction of sp³-hybridized carbons (Fsp3) is 0.286. The van der Waals surface area contributed by atoms with E-state index in [9.17, 15) is 23.6 Å². The van der Waals surface area contributed by atoms with Crippen LogP contribution in [0.15, 0.2) is 71.7 Å². The Labute approximate surface area is 230 Å². The third-order valence-electron chi connectivity index (χ3n) is 6.59. The molecule has 1 fully saturated rings. The van der Waals surface area contributed by atoms with Crippen LogP contribution in [-0.4, -0.2) is 66.3 Å². The van der Waals surface area contributed by atoms with Crippen LogP contribution < -0.4 is 16.2 Å². The van der Waals surface area contributed by atoms with Crippen LogP contribution in [0, 0.1) is 23.6 Å². The summed E-state index contributed by atoms with van der Waals surface area (Å²) in [6.07, 6.45) is 1.51. The Hall–Kier alpha value is -4.02. The maximum Gasteiger partial charge on any atom is 0.255 e. The molecule has 39 heavy (non-hydrogen) atoms. The first-order valence-corrected chi connectivity index (χ1v) is 12.7. The van der Waals surface area contributed by atoms with Crippen molar-refractivity contribution in [2.75, 3.05) is 44.9 Å². The molecule has 4 rings (SSSR count). The van der Waals surface area contributed by atoms with E-state index in [-0.39, 0.29) is 17.2 Å². The van der Waals surface area contributed by atoms with Crippen molar-refractivity contribution < 1.29 is 18.8 Å². The summed E-state index contributed by atoms with van der Waals surface area (Å²) in [6.45, 7) is 1.02. The first-order chi connectivity index (χ1) is 18.6. The standard InChI is InChI=1S/C28H29ClFN5O4/c1-33(2)14-15-34(3)28(39)25-23(26(37)31-18-9-7-17(29)8-10-18)24(25)27(38)32-21-12-11-19(16-20(21)30)35-13-5-4-6-22(35)36/h4-13,16,23-25H,14-15H2,1-3H3,(H,31,37)(H,32,38)/t23-,24+,25+/m1/s1. The van der Waals surface area contributed by atoms with Crippen LogP contribution >= 0.6 is 11.6 Å². The first kappa shape index (κ1) is 28.0. The number of nitrogens with one attached hydrogen (secondary N) is 2. The van der Waals surface area contributed by atoms with Crippen LogP contribution in [-0.2, 0) is 14.4 Å². The van der Waals surface area contributed by atoms with Crippen LogP contribution in [0.3, 0.4) is 0 Å². The van der Waals surface area contributed by atoms with Gasteiger partial charge in [-0.3, -0.25) is 23.7 Å². The molecule has 1 aliphatic rings. The molecule has 0 spiro atoms. The van der Waals surface area contributed by atoms with E-state index in [2.05, 4.69) is 10.6 Å². The summed E-state index contributed by atoms with van der Waals surface area (Å²) in [6, 6.07) is 15.0. The number of halogens is 2. The van der Waals surface area contributed by atoms with Crippen molar-refractivity contribution in [1.82, 2.24) is 14.4 Å². The molecular formula is C28H29ClFN5O4. The smallest absolute Gasteiger partial charge is 0.255 e. The molecular weight excluding hydrogens is 525 g/mol. The van der Waals surface area contributed by atoms with E-state index in [4.69, 9.17) is 11.6 Å². The minimum atomic E-state index is -0.984. The summed E-state index contributed by atoms with van der Waals surface area (Å²) < 4.78 is 16.2. The molecule has 9 nitrogen and oxygen atoms in total. The van der Waals surface area contributed by atoms with Crippen molar-refractivity contribution in [2.24, 2.45) is 17.8 Å². The Morgan fingerprint density at radius 2 is 1.56 bits per heavy atom. The number of rotatable bonds is 9. The third kappa shape index (κ3) is 6.52. The van der Waals surface area contributed by atoms with Crippen molar-refractivity contribution >= 4 is 40.7 Å². The van der Waals surface area contributed by atoms with Gasteiger partial charge in [-0.1, -0.05) is 17.7 Å².